The third-order valence-corrected chi connectivity index (χ3v) is 3.07. The minimum Gasteiger partial charge on any atom is -0.345 e. The highest BCUT2D eigenvalue weighted by Gasteiger charge is 2.13. The van der Waals surface area contributed by atoms with Gasteiger partial charge in [0.05, 0.1) is 0 Å². The lowest BCUT2D eigenvalue weighted by molar-refractivity contribution is -0.122. The van der Waals surface area contributed by atoms with Crippen LogP contribution in [0.3, 0.4) is 0 Å². The van der Waals surface area contributed by atoms with E-state index in [4.69, 9.17) is 0 Å². The van der Waals surface area contributed by atoms with Gasteiger partial charge in [-0.2, -0.15) is 0 Å². The molecule has 0 aromatic heterocycles. The molecule has 0 N–H and O–H groups in total. The number of amides is 1. The van der Waals surface area contributed by atoms with E-state index in [2.05, 4.69) is 6.58 Å². The molecule has 0 unspecified atom stereocenters. The van der Waals surface area contributed by atoms with Crippen molar-refractivity contribution in [2.45, 2.75) is 0 Å². The molecule has 2 nitrogen and oxygen atoms in total. The van der Waals surface area contributed by atoms with Gasteiger partial charge in [-0.1, -0.05) is 49.0 Å². The molecule has 20 heavy (non-hydrogen) atoms. The minimum absolute atomic E-state index is 0.225. The molecule has 102 valence electrons. The van der Waals surface area contributed by atoms with Crippen LogP contribution in [0, 0.1) is 5.82 Å². The number of likely N-dealkylation sites (N-methyl/N-ethyl adjacent to an activating group) is 1. The summed E-state index contributed by atoms with van der Waals surface area (Å²) in [6, 6.07) is 14.0. The predicted octanol–water partition coefficient (Wildman–Crippen LogP) is 3.59. The lowest BCUT2D eigenvalue weighted by Crippen LogP contribution is -2.22. The number of hydrogen-bond donors (Lipinski definition) is 0. The monoisotopic (exact) mass is 269 g/mol. The summed E-state index contributed by atoms with van der Waals surface area (Å²) in [5, 5.41) is 0. The summed E-state index contributed by atoms with van der Waals surface area (Å²) in [6.45, 7) is 3.73. The highest BCUT2D eigenvalue weighted by Crippen LogP contribution is 2.25. The van der Waals surface area contributed by atoms with Gasteiger partial charge in [-0.05, 0) is 17.2 Å². The van der Waals surface area contributed by atoms with Crippen molar-refractivity contribution in [3.63, 3.8) is 0 Å². The largest absolute Gasteiger partial charge is 0.345 e. The Kier molecular flexibility index (Phi) is 3.99. The van der Waals surface area contributed by atoms with Gasteiger partial charge in [0.2, 0.25) is 0 Å². The van der Waals surface area contributed by atoms with Gasteiger partial charge < -0.3 is 4.90 Å². The average Bonchev–Trinajstić information content (AvgIpc) is 2.46. The molecule has 0 radical (unpaired) electrons. The Morgan fingerprint density at radius 1 is 1.10 bits per heavy atom. The van der Waals surface area contributed by atoms with E-state index in [1.165, 1.54) is 11.0 Å². The first-order chi connectivity index (χ1) is 9.50. The van der Waals surface area contributed by atoms with Crippen molar-refractivity contribution in [3.8, 4) is 11.1 Å². The summed E-state index contributed by atoms with van der Waals surface area (Å²) in [6.07, 6.45) is 0. The van der Waals surface area contributed by atoms with E-state index in [0.29, 0.717) is 11.1 Å². The van der Waals surface area contributed by atoms with E-state index in [-0.39, 0.29) is 17.3 Å². The van der Waals surface area contributed by atoms with Crippen LogP contribution in [0.5, 0.6) is 0 Å². The van der Waals surface area contributed by atoms with E-state index in [1.807, 2.05) is 30.3 Å². The van der Waals surface area contributed by atoms with Gasteiger partial charge in [-0.3, -0.25) is 4.79 Å². The average molecular weight is 269 g/mol. The van der Waals surface area contributed by atoms with Crippen LogP contribution in [-0.4, -0.2) is 24.9 Å². The first kappa shape index (κ1) is 14.0. The second-order valence-corrected chi connectivity index (χ2v) is 4.74. The minimum atomic E-state index is -0.360. The SMILES string of the molecule is C=C(C(=O)N(C)C)c1ccc(-c2ccccc2)c(F)c1. The number of rotatable bonds is 3. The van der Waals surface area contributed by atoms with Crippen LogP contribution in [0.2, 0.25) is 0 Å². The zero-order valence-electron chi connectivity index (χ0n) is 11.6. The molecule has 0 aliphatic rings. The Morgan fingerprint density at radius 3 is 2.30 bits per heavy atom. The van der Waals surface area contributed by atoms with Crippen LogP contribution < -0.4 is 0 Å². The normalized spacial score (nSPS) is 10.2. The summed E-state index contributed by atoms with van der Waals surface area (Å²) in [5.41, 5.74) is 2.11. The first-order valence-electron chi connectivity index (χ1n) is 6.26. The lowest BCUT2D eigenvalue weighted by atomic mass is 10.00. The van der Waals surface area contributed by atoms with Crippen molar-refractivity contribution in [3.05, 3.63) is 66.5 Å². The van der Waals surface area contributed by atoms with Gasteiger partial charge in [-0.15, -0.1) is 0 Å². The van der Waals surface area contributed by atoms with Crippen molar-refractivity contribution >= 4 is 11.5 Å². The molecule has 0 aliphatic carbocycles. The molecule has 0 atom stereocenters. The fourth-order valence-corrected chi connectivity index (χ4v) is 1.95. The molecule has 0 heterocycles. The summed E-state index contributed by atoms with van der Waals surface area (Å²) >= 11 is 0. The molecule has 2 aromatic carbocycles. The smallest absolute Gasteiger partial charge is 0.253 e. The number of halogens is 1. The van der Waals surface area contributed by atoms with E-state index >= 15 is 0 Å². The van der Waals surface area contributed by atoms with Gasteiger partial charge >= 0.3 is 0 Å². The zero-order valence-corrected chi connectivity index (χ0v) is 11.6. The second kappa shape index (κ2) is 5.70. The number of carbonyl (C=O) groups is 1. The summed E-state index contributed by atoms with van der Waals surface area (Å²) in [4.78, 5) is 13.2. The fraction of sp³-hybridized carbons (Fsp3) is 0.118. The van der Waals surface area contributed by atoms with Gasteiger partial charge in [0.25, 0.3) is 5.91 Å². The summed E-state index contributed by atoms with van der Waals surface area (Å²) in [7, 11) is 3.28. The Bertz CT molecular complexity index is 647. The molecule has 3 heteroatoms. The maximum absolute atomic E-state index is 14.2. The van der Waals surface area contributed by atoms with E-state index < -0.39 is 0 Å². The second-order valence-electron chi connectivity index (χ2n) is 4.74. The molecule has 2 aromatic rings. The molecule has 0 spiro atoms. The van der Waals surface area contributed by atoms with E-state index in [9.17, 15) is 9.18 Å². The van der Waals surface area contributed by atoms with Crippen molar-refractivity contribution in [1.82, 2.24) is 4.90 Å². The molecule has 2 rings (SSSR count). The maximum atomic E-state index is 14.2. The first-order valence-corrected chi connectivity index (χ1v) is 6.26. The molecule has 0 fully saturated rings. The van der Waals surface area contributed by atoms with E-state index in [1.54, 1.807) is 26.2 Å². The number of benzene rings is 2. The van der Waals surface area contributed by atoms with Gasteiger partial charge in [0.15, 0.2) is 0 Å². The number of hydrogen-bond acceptors (Lipinski definition) is 1. The molecule has 0 bridgehead atoms. The van der Waals surface area contributed by atoms with Crippen LogP contribution in [0.1, 0.15) is 5.56 Å². The van der Waals surface area contributed by atoms with Crippen LogP contribution in [0.4, 0.5) is 4.39 Å². The topological polar surface area (TPSA) is 20.3 Å². The molecular weight excluding hydrogens is 253 g/mol. The molecule has 0 saturated carbocycles. The van der Waals surface area contributed by atoms with E-state index in [0.717, 1.165) is 5.56 Å². The third-order valence-electron chi connectivity index (χ3n) is 3.07. The molecule has 0 saturated heterocycles. The summed E-state index contributed by atoms with van der Waals surface area (Å²) in [5.74, 6) is -0.585. The van der Waals surface area contributed by atoms with Crippen LogP contribution in [-0.2, 0) is 4.79 Å². The highest BCUT2D eigenvalue weighted by atomic mass is 19.1. The van der Waals surface area contributed by atoms with Crippen molar-refractivity contribution in [2.75, 3.05) is 14.1 Å². The van der Waals surface area contributed by atoms with Gasteiger partial charge in [0.1, 0.15) is 5.82 Å². The highest BCUT2D eigenvalue weighted by molar-refractivity contribution is 6.18. The number of carbonyl (C=O) groups excluding carboxylic acids is 1. The molecule has 0 aliphatic heterocycles. The predicted molar refractivity (Wildman–Crippen MR) is 79.6 cm³/mol. The Balaban J connectivity index is 2.36. The van der Waals surface area contributed by atoms with Crippen LogP contribution in [0.25, 0.3) is 16.7 Å². The van der Waals surface area contributed by atoms with Gasteiger partial charge in [-0.25, -0.2) is 4.39 Å². The third kappa shape index (κ3) is 2.77. The van der Waals surface area contributed by atoms with Crippen molar-refractivity contribution in [2.24, 2.45) is 0 Å². The van der Waals surface area contributed by atoms with Gasteiger partial charge in [0, 0.05) is 25.2 Å². The Morgan fingerprint density at radius 2 is 1.75 bits per heavy atom. The zero-order chi connectivity index (χ0) is 14.7. The Hall–Kier alpha value is -2.42. The Labute approximate surface area is 118 Å². The molecule has 1 amide bonds. The summed E-state index contributed by atoms with van der Waals surface area (Å²) < 4.78 is 14.2. The lowest BCUT2D eigenvalue weighted by Gasteiger charge is -2.13. The standard InChI is InChI=1S/C17H16FNO/c1-12(17(20)19(2)3)14-9-10-15(16(18)11-14)13-7-5-4-6-8-13/h4-11H,1H2,2-3H3. The van der Waals surface area contributed by atoms with Crippen LogP contribution >= 0.6 is 0 Å². The number of nitrogens with zero attached hydrogens (tertiary/aromatic N) is 1. The van der Waals surface area contributed by atoms with Crippen molar-refractivity contribution < 1.29 is 9.18 Å². The van der Waals surface area contributed by atoms with Crippen molar-refractivity contribution in [1.29, 1.82) is 0 Å². The maximum Gasteiger partial charge on any atom is 0.253 e. The van der Waals surface area contributed by atoms with Crippen LogP contribution in [0.15, 0.2) is 55.1 Å². The quantitative estimate of drug-likeness (QED) is 0.780. The fourth-order valence-electron chi connectivity index (χ4n) is 1.95. The molecular formula is C17H16FNO.